The van der Waals surface area contributed by atoms with Gasteiger partial charge in [0, 0.05) is 17.5 Å². The van der Waals surface area contributed by atoms with Gasteiger partial charge in [0.15, 0.2) is 0 Å². The first kappa shape index (κ1) is 15.5. The van der Waals surface area contributed by atoms with Crippen LogP contribution < -0.4 is 0 Å². The van der Waals surface area contributed by atoms with E-state index in [2.05, 4.69) is 4.98 Å². The molecule has 0 aliphatic carbocycles. The highest BCUT2D eigenvalue weighted by Gasteiger charge is 2.30. The third-order valence-corrected chi connectivity index (χ3v) is 3.27. The van der Waals surface area contributed by atoms with E-state index in [1.54, 1.807) is 18.3 Å². The van der Waals surface area contributed by atoms with E-state index in [9.17, 15) is 18.3 Å². The van der Waals surface area contributed by atoms with E-state index in [1.165, 1.54) is 12.1 Å². The first-order valence-electron chi connectivity index (χ1n) is 6.60. The van der Waals surface area contributed by atoms with Crippen LogP contribution in [-0.4, -0.2) is 10.1 Å². The Bertz CT molecular complexity index is 606. The molecule has 0 bridgehead atoms. The summed E-state index contributed by atoms with van der Waals surface area (Å²) >= 11 is 0. The first-order valence-corrected chi connectivity index (χ1v) is 6.60. The molecule has 0 radical (unpaired) electrons. The van der Waals surface area contributed by atoms with Crippen molar-refractivity contribution in [3.63, 3.8) is 0 Å². The minimum absolute atomic E-state index is 0.116. The monoisotopic (exact) mass is 295 g/mol. The number of rotatable bonds is 3. The molecule has 0 spiro atoms. The van der Waals surface area contributed by atoms with E-state index in [4.69, 9.17) is 0 Å². The minimum atomic E-state index is -4.37. The van der Waals surface area contributed by atoms with Crippen LogP contribution in [0.2, 0.25) is 0 Å². The van der Waals surface area contributed by atoms with E-state index in [0.29, 0.717) is 11.1 Å². The molecule has 0 fully saturated rings. The van der Waals surface area contributed by atoms with Crippen LogP contribution in [0.4, 0.5) is 13.2 Å². The lowest BCUT2D eigenvalue weighted by atomic mass is 9.95. The number of alkyl halides is 3. The third kappa shape index (κ3) is 3.42. The second-order valence-electron chi connectivity index (χ2n) is 5.15. The second-order valence-corrected chi connectivity index (χ2v) is 5.15. The Hall–Kier alpha value is -1.88. The van der Waals surface area contributed by atoms with Crippen molar-refractivity contribution in [2.24, 2.45) is 0 Å². The predicted molar refractivity (Wildman–Crippen MR) is 73.8 cm³/mol. The molecule has 1 aromatic heterocycles. The van der Waals surface area contributed by atoms with E-state index in [-0.39, 0.29) is 5.92 Å². The quantitative estimate of drug-likeness (QED) is 0.915. The zero-order chi connectivity index (χ0) is 15.6. The highest BCUT2D eigenvalue weighted by atomic mass is 19.4. The van der Waals surface area contributed by atoms with Crippen LogP contribution >= 0.6 is 0 Å². The van der Waals surface area contributed by atoms with E-state index < -0.39 is 17.8 Å². The largest absolute Gasteiger partial charge is 0.416 e. The molecule has 0 aliphatic rings. The van der Waals surface area contributed by atoms with Crippen molar-refractivity contribution in [3.8, 4) is 0 Å². The van der Waals surface area contributed by atoms with Gasteiger partial charge in [0.2, 0.25) is 0 Å². The number of hydrogen-bond acceptors (Lipinski definition) is 2. The van der Waals surface area contributed by atoms with Crippen LogP contribution in [0.15, 0.2) is 42.6 Å². The highest BCUT2D eigenvalue weighted by molar-refractivity contribution is 5.35. The lowest BCUT2D eigenvalue weighted by Gasteiger charge is -2.17. The molecular weight excluding hydrogens is 279 g/mol. The van der Waals surface area contributed by atoms with Gasteiger partial charge in [-0.15, -0.1) is 0 Å². The number of benzene rings is 1. The summed E-state index contributed by atoms with van der Waals surface area (Å²) in [7, 11) is 0. The molecule has 1 N–H and O–H groups in total. The summed E-state index contributed by atoms with van der Waals surface area (Å²) in [5.74, 6) is 0.116. The lowest BCUT2D eigenvalue weighted by molar-refractivity contribution is -0.137. The molecule has 21 heavy (non-hydrogen) atoms. The maximum Gasteiger partial charge on any atom is 0.416 e. The van der Waals surface area contributed by atoms with Gasteiger partial charge in [-0.1, -0.05) is 32.0 Å². The molecule has 1 atom stereocenters. The number of hydrogen-bond donors (Lipinski definition) is 1. The Labute approximate surface area is 121 Å². The minimum Gasteiger partial charge on any atom is -0.384 e. The summed E-state index contributed by atoms with van der Waals surface area (Å²) in [5.41, 5.74) is 1.05. The molecule has 1 heterocycles. The van der Waals surface area contributed by atoms with Crippen molar-refractivity contribution in [3.05, 3.63) is 65.0 Å². The highest BCUT2D eigenvalue weighted by Crippen LogP contribution is 2.32. The van der Waals surface area contributed by atoms with Crippen LogP contribution in [0.3, 0.4) is 0 Å². The molecule has 2 rings (SSSR count). The molecular formula is C16H16F3NO. The first-order chi connectivity index (χ1) is 9.80. The van der Waals surface area contributed by atoms with Crippen molar-refractivity contribution >= 4 is 0 Å². The van der Waals surface area contributed by atoms with Crippen LogP contribution in [0.5, 0.6) is 0 Å². The molecule has 1 unspecified atom stereocenters. The number of halogens is 3. The lowest BCUT2D eigenvalue weighted by Crippen LogP contribution is -2.08. The average Bonchev–Trinajstić information content (AvgIpc) is 2.45. The van der Waals surface area contributed by atoms with Gasteiger partial charge in [-0.3, -0.25) is 4.98 Å². The summed E-state index contributed by atoms with van der Waals surface area (Å²) in [6.45, 7) is 3.90. The fraction of sp³-hybridized carbons (Fsp3) is 0.312. The maximum atomic E-state index is 12.5. The van der Waals surface area contributed by atoms with Gasteiger partial charge in [-0.05, 0) is 29.7 Å². The zero-order valence-corrected chi connectivity index (χ0v) is 11.7. The summed E-state index contributed by atoms with van der Waals surface area (Å²) < 4.78 is 37.6. The molecule has 2 aromatic rings. The van der Waals surface area contributed by atoms with Gasteiger partial charge in [0.05, 0.1) is 5.56 Å². The summed E-state index contributed by atoms with van der Waals surface area (Å²) in [4.78, 5) is 4.24. The summed E-state index contributed by atoms with van der Waals surface area (Å²) in [6, 6.07) is 7.99. The topological polar surface area (TPSA) is 33.1 Å². The van der Waals surface area contributed by atoms with E-state index >= 15 is 0 Å². The SMILES string of the molecule is CC(C)c1ncccc1C(O)c1ccc(C(F)(F)F)cc1. The zero-order valence-electron chi connectivity index (χ0n) is 11.7. The Morgan fingerprint density at radius 2 is 1.67 bits per heavy atom. The predicted octanol–water partition coefficient (Wildman–Crippen LogP) is 4.31. The van der Waals surface area contributed by atoms with Crippen LogP contribution in [0, 0.1) is 0 Å². The van der Waals surface area contributed by atoms with E-state index in [1.807, 2.05) is 13.8 Å². The van der Waals surface area contributed by atoms with Gasteiger partial charge in [-0.2, -0.15) is 13.2 Å². The summed E-state index contributed by atoms with van der Waals surface area (Å²) in [5, 5.41) is 10.4. The van der Waals surface area contributed by atoms with Gasteiger partial charge < -0.3 is 5.11 Å². The molecule has 0 saturated carbocycles. The molecule has 0 saturated heterocycles. The Morgan fingerprint density at radius 3 is 2.19 bits per heavy atom. The third-order valence-electron chi connectivity index (χ3n) is 3.27. The summed E-state index contributed by atoms with van der Waals surface area (Å²) in [6.07, 6.45) is -3.72. The average molecular weight is 295 g/mol. The normalized spacial score (nSPS) is 13.5. The Kier molecular flexibility index (Phi) is 4.32. The van der Waals surface area contributed by atoms with Crippen LogP contribution in [0.25, 0.3) is 0 Å². The molecule has 0 aliphatic heterocycles. The van der Waals surface area contributed by atoms with Crippen molar-refractivity contribution in [2.75, 3.05) is 0 Å². The van der Waals surface area contributed by atoms with Crippen molar-refractivity contribution in [2.45, 2.75) is 32.0 Å². The second kappa shape index (κ2) is 5.85. The fourth-order valence-corrected chi connectivity index (χ4v) is 2.18. The number of aliphatic hydroxyl groups is 1. The van der Waals surface area contributed by atoms with Gasteiger partial charge in [-0.25, -0.2) is 0 Å². The smallest absolute Gasteiger partial charge is 0.384 e. The molecule has 1 aromatic carbocycles. The molecule has 2 nitrogen and oxygen atoms in total. The molecule has 5 heteroatoms. The number of aliphatic hydroxyl groups excluding tert-OH is 1. The standard InChI is InChI=1S/C16H16F3NO/c1-10(2)14-13(4-3-9-20-14)15(21)11-5-7-12(8-6-11)16(17,18)19/h3-10,15,21H,1-2H3. The van der Waals surface area contributed by atoms with Gasteiger partial charge in [0.1, 0.15) is 6.10 Å². The number of aromatic nitrogens is 1. The molecule has 112 valence electrons. The van der Waals surface area contributed by atoms with Crippen LogP contribution in [0.1, 0.15) is 48.3 Å². The van der Waals surface area contributed by atoms with Crippen LogP contribution in [-0.2, 0) is 6.18 Å². The van der Waals surface area contributed by atoms with Gasteiger partial charge in [0.25, 0.3) is 0 Å². The maximum absolute atomic E-state index is 12.5. The van der Waals surface area contributed by atoms with Gasteiger partial charge >= 0.3 is 6.18 Å². The molecule has 0 amide bonds. The number of nitrogens with zero attached hydrogens (tertiary/aromatic N) is 1. The Morgan fingerprint density at radius 1 is 1.05 bits per heavy atom. The van der Waals surface area contributed by atoms with Crippen molar-refractivity contribution in [1.29, 1.82) is 0 Å². The van der Waals surface area contributed by atoms with Crippen molar-refractivity contribution < 1.29 is 18.3 Å². The van der Waals surface area contributed by atoms with Crippen molar-refractivity contribution in [1.82, 2.24) is 4.98 Å². The fourth-order valence-electron chi connectivity index (χ4n) is 2.18. The number of pyridine rings is 1. The Balaban J connectivity index is 2.35. The van der Waals surface area contributed by atoms with E-state index in [0.717, 1.165) is 17.8 Å².